The zero-order chi connectivity index (χ0) is 11.2. The average Bonchev–Trinajstić information content (AvgIpc) is 2.10. The number of nitrogens with one attached hydrogen (secondary N) is 2. The van der Waals surface area contributed by atoms with E-state index < -0.39 is 15.3 Å². The molecule has 84 valence electrons. The van der Waals surface area contributed by atoms with Crippen molar-refractivity contribution in [1.82, 2.24) is 10.0 Å². The van der Waals surface area contributed by atoms with Gasteiger partial charge in [-0.1, -0.05) is 0 Å². The van der Waals surface area contributed by atoms with Crippen molar-refractivity contribution in [3.8, 4) is 0 Å². The van der Waals surface area contributed by atoms with E-state index in [0.717, 1.165) is 0 Å². The van der Waals surface area contributed by atoms with Gasteiger partial charge in [-0.05, 0) is 6.92 Å². The molecular weight excluding hydrogens is 206 g/mol. The van der Waals surface area contributed by atoms with E-state index in [-0.39, 0.29) is 25.5 Å². The van der Waals surface area contributed by atoms with Crippen LogP contribution in [0.1, 0.15) is 13.8 Å². The molecule has 14 heavy (non-hydrogen) atoms. The number of amides is 1. The number of nitrogens with two attached hydrogens (primary N) is 1. The van der Waals surface area contributed by atoms with Crippen LogP contribution in [0.3, 0.4) is 0 Å². The molecule has 0 aromatic carbocycles. The van der Waals surface area contributed by atoms with Crippen LogP contribution in [-0.2, 0) is 14.8 Å². The predicted octanol–water partition coefficient (Wildman–Crippen LogP) is -1.61. The first kappa shape index (κ1) is 13.3. The van der Waals surface area contributed by atoms with Gasteiger partial charge in [0.25, 0.3) is 0 Å². The molecule has 0 aliphatic carbocycles. The molecule has 0 radical (unpaired) electrons. The minimum atomic E-state index is -3.33. The van der Waals surface area contributed by atoms with Gasteiger partial charge in [-0.3, -0.25) is 4.79 Å². The zero-order valence-corrected chi connectivity index (χ0v) is 9.23. The summed E-state index contributed by atoms with van der Waals surface area (Å²) in [5.41, 5.74) is 5.22. The number of hydrogen-bond donors (Lipinski definition) is 3. The van der Waals surface area contributed by atoms with Crippen molar-refractivity contribution in [3.05, 3.63) is 0 Å². The molecule has 0 aliphatic rings. The fourth-order valence-corrected chi connectivity index (χ4v) is 1.63. The molecule has 0 aliphatic heterocycles. The van der Waals surface area contributed by atoms with Crippen LogP contribution >= 0.6 is 0 Å². The molecule has 0 fully saturated rings. The first-order valence-corrected chi connectivity index (χ1v) is 5.87. The summed E-state index contributed by atoms with van der Waals surface area (Å²) in [4.78, 5) is 10.4. The number of rotatable bonds is 6. The highest BCUT2D eigenvalue weighted by atomic mass is 32.2. The molecule has 7 heteroatoms. The summed E-state index contributed by atoms with van der Waals surface area (Å²) in [6, 6.07) is 0. The molecule has 1 atom stereocenters. The normalized spacial score (nSPS) is 13.6. The Hall–Kier alpha value is -0.660. The summed E-state index contributed by atoms with van der Waals surface area (Å²) < 4.78 is 24.9. The Morgan fingerprint density at radius 2 is 2.00 bits per heavy atom. The second kappa shape index (κ2) is 5.94. The standard InChI is InChI=1S/C7H17N3O3S/c1-6(5-8)14(12,13)10-4-3-9-7(2)11/h6,10H,3-5,8H2,1-2H3,(H,9,11). The molecular formula is C7H17N3O3S. The first-order valence-electron chi connectivity index (χ1n) is 4.33. The lowest BCUT2D eigenvalue weighted by Gasteiger charge is -2.11. The molecule has 0 heterocycles. The molecule has 0 aromatic rings. The van der Waals surface area contributed by atoms with E-state index in [0.29, 0.717) is 0 Å². The van der Waals surface area contributed by atoms with Crippen LogP contribution in [0.4, 0.5) is 0 Å². The molecule has 0 saturated heterocycles. The van der Waals surface area contributed by atoms with E-state index >= 15 is 0 Å². The van der Waals surface area contributed by atoms with Crippen molar-refractivity contribution in [1.29, 1.82) is 0 Å². The SMILES string of the molecule is CC(=O)NCCNS(=O)(=O)C(C)CN. The van der Waals surface area contributed by atoms with Crippen molar-refractivity contribution < 1.29 is 13.2 Å². The Bertz CT molecular complexity index is 276. The maximum atomic E-state index is 11.3. The van der Waals surface area contributed by atoms with E-state index in [4.69, 9.17) is 5.73 Å². The fraction of sp³-hybridized carbons (Fsp3) is 0.857. The van der Waals surface area contributed by atoms with E-state index in [2.05, 4.69) is 10.0 Å². The van der Waals surface area contributed by atoms with Gasteiger partial charge in [0.1, 0.15) is 0 Å². The highest BCUT2D eigenvalue weighted by Gasteiger charge is 2.17. The van der Waals surface area contributed by atoms with Crippen LogP contribution in [0.2, 0.25) is 0 Å². The van der Waals surface area contributed by atoms with Crippen molar-refractivity contribution in [2.45, 2.75) is 19.1 Å². The third kappa shape index (κ3) is 5.15. The first-order chi connectivity index (χ1) is 6.40. The Morgan fingerprint density at radius 1 is 1.43 bits per heavy atom. The topological polar surface area (TPSA) is 101 Å². The van der Waals surface area contributed by atoms with Crippen molar-refractivity contribution in [2.24, 2.45) is 5.73 Å². The zero-order valence-electron chi connectivity index (χ0n) is 8.41. The third-order valence-electron chi connectivity index (χ3n) is 1.66. The summed E-state index contributed by atoms with van der Waals surface area (Å²) in [6.07, 6.45) is 0. The van der Waals surface area contributed by atoms with Crippen LogP contribution in [0.5, 0.6) is 0 Å². The second-order valence-electron chi connectivity index (χ2n) is 2.97. The Kier molecular flexibility index (Phi) is 5.66. The molecule has 0 aromatic heterocycles. The smallest absolute Gasteiger partial charge is 0.216 e. The molecule has 0 rings (SSSR count). The number of sulfonamides is 1. The quantitative estimate of drug-likeness (QED) is 0.471. The summed E-state index contributed by atoms with van der Waals surface area (Å²) in [6.45, 7) is 3.45. The van der Waals surface area contributed by atoms with Gasteiger partial charge in [-0.2, -0.15) is 0 Å². The van der Waals surface area contributed by atoms with E-state index in [1.165, 1.54) is 13.8 Å². The van der Waals surface area contributed by atoms with Gasteiger partial charge in [0.15, 0.2) is 0 Å². The predicted molar refractivity (Wildman–Crippen MR) is 54.1 cm³/mol. The van der Waals surface area contributed by atoms with Crippen LogP contribution in [0.15, 0.2) is 0 Å². The van der Waals surface area contributed by atoms with Crippen molar-refractivity contribution >= 4 is 15.9 Å². The average molecular weight is 223 g/mol. The van der Waals surface area contributed by atoms with Crippen LogP contribution in [0.25, 0.3) is 0 Å². The van der Waals surface area contributed by atoms with Crippen molar-refractivity contribution in [3.63, 3.8) is 0 Å². The maximum Gasteiger partial charge on any atom is 0.216 e. The lowest BCUT2D eigenvalue weighted by atomic mass is 10.5. The summed E-state index contributed by atoms with van der Waals surface area (Å²) in [5, 5.41) is 1.87. The lowest BCUT2D eigenvalue weighted by Crippen LogP contribution is -2.40. The van der Waals surface area contributed by atoms with E-state index in [9.17, 15) is 13.2 Å². The van der Waals surface area contributed by atoms with Gasteiger partial charge in [0.05, 0.1) is 5.25 Å². The molecule has 1 amide bonds. The van der Waals surface area contributed by atoms with Crippen LogP contribution in [-0.4, -0.2) is 39.2 Å². The van der Waals surface area contributed by atoms with Gasteiger partial charge in [0, 0.05) is 26.6 Å². The third-order valence-corrected chi connectivity index (χ3v) is 3.52. The molecule has 4 N–H and O–H groups in total. The highest BCUT2D eigenvalue weighted by Crippen LogP contribution is 1.93. The molecule has 0 spiro atoms. The van der Waals surface area contributed by atoms with E-state index in [1.54, 1.807) is 0 Å². The summed E-state index contributed by atoms with van der Waals surface area (Å²) >= 11 is 0. The molecule has 0 saturated carbocycles. The van der Waals surface area contributed by atoms with Crippen LogP contribution < -0.4 is 15.8 Å². The Morgan fingerprint density at radius 3 is 2.43 bits per heavy atom. The number of carbonyl (C=O) groups is 1. The monoisotopic (exact) mass is 223 g/mol. The number of hydrogen-bond acceptors (Lipinski definition) is 4. The highest BCUT2D eigenvalue weighted by molar-refractivity contribution is 7.90. The lowest BCUT2D eigenvalue weighted by molar-refractivity contribution is -0.118. The molecule has 1 unspecified atom stereocenters. The number of carbonyl (C=O) groups excluding carboxylic acids is 1. The maximum absolute atomic E-state index is 11.3. The Balaban J connectivity index is 3.83. The minimum absolute atomic E-state index is 0.0788. The second-order valence-corrected chi connectivity index (χ2v) is 5.15. The van der Waals surface area contributed by atoms with Gasteiger partial charge < -0.3 is 11.1 Å². The van der Waals surface area contributed by atoms with Gasteiger partial charge in [-0.25, -0.2) is 13.1 Å². The van der Waals surface area contributed by atoms with Crippen LogP contribution in [0, 0.1) is 0 Å². The van der Waals surface area contributed by atoms with E-state index in [1.807, 2.05) is 0 Å². The summed E-state index contributed by atoms with van der Waals surface area (Å²) in [5.74, 6) is -0.184. The molecule has 6 nitrogen and oxygen atoms in total. The largest absolute Gasteiger partial charge is 0.355 e. The minimum Gasteiger partial charge on any atom is -0.355 e. The molecule has 0 bridgehead atoms. The summed E-state index contributed by atoms with van der Waals surface area (Å²) in [7, 11) is -3.33. The van der Waals surface area contributed by atoms with Crippen molar-refractivity contribution in [2.75, 3.05) is 19.6 Å². The van der Waals surface area contributed by atoms with Gasteiger partial charge >= 0.3 is 0 Å². The van der Waals surface area contributed by atoms with Gasteiger partial charge in [0.2, 0.25) is 15.9 Å². The Labute approximate surface area is 84.3 Å². The van der Waals surface area contributed by atoms with Gasteiger partial charge in [-0.15, -0.1) is 0 Å². The fourth-order valence-electron chi connectivity index (χ4n) is 0.701.